The Morgan fingerprint density at radius 2 is 2.19 bits per heavy atom. The summed E-state index contributed by atoms with van der Waals surface area (Å²) >= 11 is 5.21. The molecule has 1 aromatic heterocycles. The fraction of sp³-hybridized carbons (Fsp3) is 0.583. The minimum atomic E-state index is 0.433. The highest BCUT2D eigenvalue weighted by Gasteiger charge is 2.22. The lowest BCUT2D eigenvalue weighted by Crippen LogP contribution is -2.34. The summed E-state index contributed by atoms with van der Waals surface area (Å²) < 4.78 is 1.19. The average Bonchev–Trinajstić information content (AvgIpc) is 2.65. The Balaban J connectivity index is 1.88. The van der Waals surface area contributed by atoms with Crippen molar-refractivity contribution in [2.75, 3.05) is 7.05 Å². The second kappa shape index (κ2) is 5.43. The van der Waals surface area contributed by atoms with E-state index in [1.54, 1.807) is 11.3 Å². The molecule has 0 aromatic carbocycles. The van der Waals surface area contributed by atoms with Gasteiger partial charge < -0.3 is 0 Å². The maximum Gasteiger partial charge on any atom is 0.133 e. The molecular formula is C12H16BrNOS. The summed E-state index contributed by atoms with van der Waals surface area (Å²) in [4.78, 5) is 13.5. The van der Waals surface area contributed by atoms with Crippen molar-refractivity contribution < 1.29 is 4.79 Å². The molecule has 2 nitrogen and oxygen atoms in total. The third-order valence-corrected chi connectivity index (χ3v) is 4.74. The van der Waals surface area contributed by atoms with Gasteiger partial charge in [-0.2, -0.15) is 0 Å². The first-order valence-corrected chi connectivity index (χ1v) is 7.27. The monoisotopic (exact) mass is 301 g/mol. The third-order valence-electron chi connectivity index (χ3n) is 3.19. The number of halogens is 1. The molecule has 0 bridgehead atoms. The van der Waals surface area contributed by atoms with Gasteiger partial charge in [-0.25, -0.2) is 0 Å². The lowest BCUT2D eigenvalue weighted by molar-refractivity contribution is -0.121. The van der Waals surface area contributed by atoms with Crippen LogP contribution in [0.1, 0.15) is 31.2 Å². The van der Waals surface area contributed by atoms with Crippen LogP contribution < -0.4 is 0 Å². The summed E-state index contributed by atoms with van der Waals surface area (Å²) in [6.07, 6.45) is 3.59. The van der Waals surface area contributed by atoms with Crippen LogP contribution in [0.15, 0.2) is 15.2 Å². The van der Waals surface area contributed by atoms with Crippen molar-refractivity contribution in [1.29, 1.82) is 0 Å². The van der Waals surface area contributed by atoms with Gasteiger partial charge in [-0.1, -0.05) is 0 Å². The average molecular weight is 302 g/mol. The van der Waals surface area contributed by atoms with Crippen LogP contribution in [-0.4, -0.2) is 23.8 Å². The van der Waals surface area contributed by atoms with E-state index in [4.69, 9.17) is 0 Å². The van der Waals surface area contributed by atoms with Crippen molar-refractivity contribution in [1.82, 2.24) is 4.90 Å². The molecule has 1 aliphatic carbocycles. The molecule has 1 aliphatic rings. The van der Waals surface area contributed by atoms with E-state index in [1.165, 1.54) is 9.35 Å². The van der Waals surface area contributed by atoms with E-state index < -0.39 is 0 Å². The molecule has 0 N–H and O–H groups in total. The fourth-order valence-corrected chi connectivity index (χ4v) is 3.41. The minimum absolute atomic E-state index is 0.433. The van der Waals surface area contributed by atoms with Gasteiger partial charge in [0.1, 0.15) is 5.78 Å². The molecule has 0 aliphatic heterocycles. The largest absolute Gasteiger partial charge is 0.300 e. The van der Waals surface area contributed by atoms with Crippen LogP contribution in [0.5, 0.6) is 0 Å². The normalized spacial score (nSPS) is 18.3. The van der Waals surface area contributed by atoms with E-state index in [0.29, 0.717) is 11.8 Å². The molecule has 1 heterocycles. The fourth-order valence-electron chi connectivity index (χ4n) is 2.21. The van der Waals surface area contributed by atoms with Crippen LogP contribution in [-0.2, 0) is 11.3 Å². The Kier molecular flexibility index (Phi) is 4.16. The summed E-state index contributed by atoms with van der Waals surface area (Å²) in [6.45, 7) is 0.987. The van der Waals surface area contributed by atoms with Crippen molar-refractivity contribution in [2.45, 2.75) is 38.3 Å². The summed E-state index contributed by atoms with van der Waals surface area (Å²) in [5.41, 5.74) is 1.36. The molecule has 0 unspecified atom stereocenters. The van der Waals surface area contributed by atoms with Crippen LogP contribution in [0.2, 0.25) is 0 Å². The number of hydrogen-bond acceptors (Lipinski definition) is 3. The molecule has 1 saturated carbocycles. The van der Waals surface area contributed by atoms with Crippen molar-refractivity contribution in [3.63, 3.8) is 0 Å². The van der Waals surface area contributed by atoms with E-state index in [-0.39, 0.29) is 0 Å². The van der Waals surface area contributed by atoms with Gasteiger partial charge in [0.05, 0.1) is 3.79 Å². The van der Waals surface area contributed by atoms with E-state index >= 15 is 0 Å². The molecule has 0 radical (unpaired) electrons. The molecular weight excluding hydrogens is 286 g/mol. The number of carbonyl (C=O) groups excluding carboxylic acids is 1. The van der Waals surface area contributed by atoms with Crippen LogP contribution in [0.25, 0.3) is 0 Å². The SMILES string of the molecule is CN(Cc1csc(Br)c1)C1CCC(=O)CC1. The van der Waals surface area contributed by atoms with Crippen LogP contribution in [0.3, 0.4) is 0 Å². The topological polar surface area (TPSA) is 20.3 Å². The minimum Gasteiger partial charge on any atom is -0.300 e. The first-order chi connectivity index (χ1) is 7.65. The van der Waals surface area contributed by atoms with Crippen molar-refractivity contribution in [3.05, 3.63) is 20.8 Å². The predicted molar refractivity (Wildman–Crippen MR) is 70.7 cm³/mol. The first-order valence-electron chi connectivity index (χ1n) is 5.60. The number of nitrogens with zero attached hydrogens (tertiary/aromatic N) is 1. The molecule has 0 amide bonds. The Hall–Kier alpha value is -0.190. The van der Waals surface area contributed by atoms with E-state index in [2.05, 4.69) is 39.3 Å². The lowest BCUT2D eigenvalue weighted by Gasteiger charge is -2.30. The zero-order valence-corrected chi connectivity index (χ0v) is 11.8. The molecule has 1 aromatic rings. The standard InChI is InChI=1S/C12H16BrNOS/c1-14(7-9-6-12(13)16-8-9)10-2-4-11(15)5-3-10/h6,8,10H,2-5,7H2,1H3. The molecule has 2 rings (SSSR count). The number of rotatable bonds is 3. The maximum absolute atomic E-state index is 11.2. The zero-order valence-electron chi connectivity index (χ0n) is 9.41. The second-order valence-electron chi connectivity index (χ2n) is 4.44. The van der Waals surface area contributed by atoms with E-state index in [0.717, 1.165) is 32.2 Å². The highest BCUT2D eigenvalue weighted by Crippen LogP contribution is 2.24. The Bertz CT molecular complexity index is 367. The smallest absolute Gasteiger partial charge is 0.133 e. The van der Waals surface area contributed by atoms with Crippen LogP contribution in [0, 0.1) is 0 Å². The van der Waals surface area contributed by atoms with Gasteiger partial charge in [-0.3, -0.25) is 9.69 Å². The first kappa shape index (κ1) is 12.3. The molecule has 0 spiro atoms. The van der Waals surface area contributed by atoms with Crippen LogP contribution >= 0.6 is 27.3 Å². The van der Waals surface area contributed by atoms with Gasteiger partial charge >= 0.3 is 0 Å². The van der Waals surface area contributed by atoms with Crippen LogP contribution in [0.4, 0.5) is 0 Å². The summed E-state index contributed by atoms with van der Waals surface area (Å²) in [6, 6.07) is 2.76. The number of ketones is 1. The molecule has 0 saturated heterocycles. The van der Waals surface area contributed by atoms with Gasteiger partial charge in [0.2, 0.25) is 0 Å². The van der Waals surface area contributed by atoms with Crippen molar-refractivity contribution >= 4 is 33.0 Å². The molecule has 0 atom stereocenters. The van der Waals surface area contributed by atoms with E-state index in [1.807, 2.05) is 0 Å². The van der Waals surface area contributed by atoms with Crippen molar-refractivity contribution in [3.8, 4) is 0 Å². The number of thiophene rings is 1. The Labute approximate surface area is 109 Å². The summed E-state index contributed by atoms with van der Waals surface area (Å²) in [7, 11) is 2.16. The predicted octanol–water partition coefficient (Wildman–Crippen LogP) is 3.45. The molecule has 88 valence electrons. The van der Waals surface area contributed by atoms with Gasteiger partial charge in [0.25, 0.3) is 0 Å². The van der Waals surface area contributed by atoms with Crippen molar-refractivity contribution in [2.24, 2.45) is 0 Å². The Morgan fingerprint density at radius 1 is 1.50 bits per heavy atom. The number of carbonyl (C=O) groups is 1. The third kappa shape index (κ3) is 3.15. The number of Topliss-reactive ketones (excluding diaryl/α,β-unsaturated/α-hetero) is 1. The molecule has 4 heteroatoms. The quantitative estimate of drug-likeness (QED) is 0.852. The lowest BCUT2D eigenvalue weighted by atomic mass is 9.93. The van der Waals surface area contributed by atoms with Gasteiger partial charge in [0, 0.05) is 25.4 Å². The number of hydrogen-bond donors (Lipinski definition) is 0. The second-order valence-corrected chi connectivity index (χ2v) is 6.73. The summed E-state index contributed by atoms with van der Waals surface area (Å²) in [5.74, 6) is 0.433. The molecule has 1 fully saturated rings. The maximum atomic E-state index is 11.2. The highest BCUT2D eigenvalue weighted by molar-refractivity contribution is 9.11. The van der Waals surface area contributed by atoms with Gasteiger partial charge in [0.15, 0.2) is 0 Å². The summed E-state index contributed by atoms with van der Waals surface area (Å²) in [5, 5.41) is 2.19. The zero-order chi connectivity index (χ0) is 11.5. The molecule has 16 heavy (non-hydrogen) atoms. The highest BCUT2D eigenvalue weighted by atomic mass is 79.9. The van der Waals surface area contributed by atoms with E-state index in [9.17, 15) is 4.79 Å². The Morgan fingerprint density at radius 3 is 2.75 bits per heavy atom. The van der Waals surface area contributed by atoms with Gasteiger partial charge in [-0.15, -0.1) is 11.3 Å². The van der Waals surface area contributed by atoms with Gasteiger partial charge in [-0.05, 0) is 52.8 Å².